The second-order valence-corrected chi connectivity index (χ2v) is 13.2. The number of aromatic nitrogens is 1. The maximum Gasteiger partial charge on any atom is 0.225 e. The van der Waals surface area contributed by atoms with Gasteiger partial charge in [-0.05, 0) is 72.8 Å². The van der Waals surface area contributed by atoms with Crippen molar-refractivity contribution in [2.75, 3.05) is 12.3 Å². The number of aromatic hydroxyl groups is 1. The van der Waals surface area contributed by atoms with E-state index in [0.29, 0.717) is 25.1 Å². The van der Waals surface area contributed by atoms with E-state index in [2.05, 4.69) is 36.7 Å². The van der Waals surface area contributed by atoms with Crippen LogP contribution in [0.15, 0.2) is 47.6 Å². The molecule has 1 saturated heterocycles. The van der Waals surface area contributed by atoms with Gasteiger partial charge in [0.15, 0.2) is 9.84 Å². The fraction of sp³-hybridized carbons (Fsp3) is 0.556. The molecule has 0 radical (unpaired) electrons. The van der Waals surface area contributed by atoms with Crippen LogP contribution in [0.4, 0.5) is 0 Å². The maximum absolute atomic E-state index is 13.8. The average Bonchev–Trinajstić information content (AvgIpc) is 3.25. The van der Waals surface area contributed by atoms with Crippen molar-refractivity contribution >= 4 is 15.7 Å². The van der Waals surface area contributed by atoms with Crippen LogP contribution in [0.2, 0.25) is 0 Å². The minimum Gasteiger partial charge on any atom is -0.508 e. The number of carbonyl (C=O) groups excluding carboxylic acids is 1. The van der Waals surface area contributed by atoms with Gasteiger partial charge in [0.25, 0.3) is 0 Å². The molecule has 6 nitrogen and oxygen atoms in total. The summed E-state index contributed by atoms with van der Waals surface area (Å²) in [6, 6.07) is 9.04. The minimum absolute atomic E-state index is 0.0118. The molecule has 1 amide bonds. The highest BCUT2D eigenvalue weighted by Crippen LogP contribution is 2.57. The van der Waals surface area contributed by atoms with Crippen molar-refractivity contribution in [1.29, 1.82) is 0 Å². The van der Waals surface area contributed by atoms with Gasteiger partial charge >= 0.3 is 0 Å². The molecule has 2 aliphatic carbocycles. The van der Waals surface area contributed by atoms with Crippen LogP contribution < -0.4 is 0 Å². The normalized spacial score (nSPS) is 30.1. The monoisotopic (exact) mass is 482 g/mol. The molecule has 5 rings (SSSR count). The molecule has 1 unspecified atom stereocenters. The van der Waals surface area contributed by atoms with Gasteiger partial charge in [-0.15, -0.1) is 0 Å². The van der Waals surface area contributed by atoms with Crippen LogP contribution in [0.5, 0.6) is 5.75 Å². The molecule has 1 N–H and O–H groups in total. The number of sulfone groups is 1. The van der Waals surface area contributed by atoms with Crippen LogP contribution in [0, 0.1) is 17.3 Å². The third-order valence-electron chi connectivity index (χ3n) is 9.25. The van der Waals surface area contributed by atoms with E-state index in [4.69, 9.17) is 0 Å². The van der Waals surface area contributed by atoms with Gasteiger partial charge < -0.3 is 10.0 Å². The van der Waals surface area contributed by atoms with Crippen molar-refractivity contribution < 1.29 is 18.3 Å². The number of nitrogens with zero attached hydrogens (tertiary/aromatic N) is 2. The minimum atomic E-state index is -3.41. The predicted octanol–water partition coefficient (Wildman–Crippen LogP) is 4.12. The molecule has 1 aromatic carbocycles. The average molecular weight is 483 g/mol. The third kappa shape index (κ3) is 3.55. The van der Waals surface area contributed by atoms with Gasteiger partial charge in [0, 0.05) is 36.3 Å². The molecule has 3 aliphatic rings. The van der Waals surface area contributed by atoms with Crippen molar-refractivity contribution in [3.05, 3.63) is 53.9 Å². The molecular weight excluding hydrogens is 448 g/mol. The predicted molar refractivity (Wildman–Crippen MR) is 130 cm³/mol. The highest BCUT2D eigenvalue weighted by Gasteiger charge is 2.57. The number of pyridine rings is 1. The number of likely N-dealkylation sites (tertiary alicyclic amines) is 1. The van der Waals surface area contributed by atoms with Gasteiger partial charge in [-0.25, -0.2) is 8.42 Å². The number of phenols is 1. The lowest BCUT2D eigenvalue weighted by Crippen LogP contribution is -2.65. The number of fused-ring (bicyclic) bond motifs is 4. The standard InChI is InChI=1S/C27H34N2O4S/c1-26(2)24-15-21-22(7-4-8-23(21)30)27(26,3)11-13-29(24)25(31)19-10-9-18(14-19)17-34(32,33)20-6-5-12-28-16-20/h4-8,12,16,18-19,24,30H,9-11,13-15,17H2,1-3H3/t18?,19-,24-,27+/m1/s1. The lowest BCUT2D eigenvalue weighted by molar-refractivity contribution is -0.148. The van der Waals surface area contributed by atoms with E-state index < -0.39 is 9.84 Å². The second-order valence-electron chi connectivity index (χ2n) is 11.2. The first-order chi connectivity index (χ1) is 16.0. The SMILES string of the molecule is CC1(C)[C@H]2Cc3c(O)cccc3[C@]1(C)CCN2C(=O)[C@@H]1CCC(CS(=O)(=O)c2cccnc2)C1. The van der Waals surface area contributed by atoms with Crippen LogP contribution in [-0.4, -0.2) is 47.7 Å². The van der Waals surface area contributed by atoms with E-state index in [1.54, 1.807) is 24.4 Å². The summed E-state index contributed by atoms with van der Waals surface area (Å²) >= 11 is 0. The van der Waals surface area contributed by atoms with E-state index in [9.17, 15) is 18.3 Å². The van der Waals surface area contributed by atoms with Gasteiger partial charge in [0.1, 0.15) is 5.75 Å². The van der Waals surface area contributed by atoms with Crippen LogP contribution in [0.3, 0.4) is 0 Å². The van der Waals surface area contributed by atoms with E-state index in [-0.39, 0.29) is 45.3 Å². The zero-order chi connectivity index (χ0) is 24.3. The van der Waals surface area contributed by atoms with Crippen molar-refractivity contribution in [3.63, 3.8) is 0 Å². The first-order valence-corrected chi connectivity index (χ1v) is 13.9. The largest absolute Gasteiger partial charge is 0.508 e. The number of benzene rings is 1. The summed E-state index contributed by atoms with van der Waals surface area (Å²) in [4.78, 5) is 20.0. The summed E-state index contributed by atoms with van der Waals surface area (Å²) in [5.41, 5.74) is 1.93. The Bertz CT molecular complexity index is 1210. The maximum atomic E-state index is 13.8. The Morgan fingerprint density at radius 1 is 1.18 bits per heavy atom. The number of carbonyl (C=O) groups is 1. The Morgan fingerprint density at radius 3 is 2.71 bits per heavy atom. The number of piperidine rings is 1. The van der Waals surface area contributed by atoms with Crippen LogP contribution in [-0.2, 0) is 26.5 Å². The Labute approximate surface area is 202 Å². The molecule has 1 aliphatic heterocycles. The molecule has 7 heteroatoms. The third-order valence-corrected chi connectivity index (χ3v) is 11.1. The number of rotatable bonds is 4. The smallest absolute Gasteiger partial charge is 0.225 e. The zero-order valence-electron chi connectivity index (χ0n) is 20.2. The lowest BCUT2D eigenvalue weighted by atomic mass is 9.51. The van der Waals surface area contributed by atoms with Crippen LogP contribution in [0.1, 0.15) is 57.6 Å². The second kappa shape index (κ2) is 8.08. The molecule has 1 saturated carbocycles. The quantitative estimate of drug-likeness (QED) is 0.708. The first kappa shape index (κ1) is 23.3. The number of hydrogen-bond donors (Lipinski definition) is 1. The Balaban J connectivity index is 1.34. The zero-order valence-corrected chi connectivity index (χ0v) is 21.0. The Hall–Kier alpha value is -2.41. The van der Waals surface area contributed by atoms with Crippen LogP contribution in [0.25, 0.3) is 0 Å². The lowest BCUT2D eigenvalue weighted by Gasteiger charge is -2.61. The molecule has 4 atom stereocenters. The Kier molecular flexibility index (Phi) is 5.54. The van der Waals surface area contributed by atoms with Crippen LogP contribution >= 0.6 is 0 Å². The van der Waals surface area contributed by atoms with Crippen molar-refractivity contribution in [2.45, 2.75) is 69.2 Å². The fourth-order valence-electron chi connectivity index (χ4n) is 6.81. The molecule has 2 bridgehead atoms. The Morgan fingerprint density at radius 2 is 1.97 bits per heavy atom. The first-order valence-electron chi connectivity index (χ1n) is 12.3. The number of amides is 1. The van der Waals surface area contributed by atoms with Gasteiger partial charge in [-0.1, -0.05) is 32.9 Å². The summed E-state index contributed by atoms with van der Waals surface area (Å²) in [7, 11) is -3.41. The van der Waals surface area contributed by atoms with Gasteiger partial charge in [0.2, 0.25) is 5.91 Å². The van der Waals surface area contributed by atoms with Crippen molar-refractivity contribution in [3.8, 4) is 5.75 Å². The van der Waals surface area contributed by atoms with E-state index in [1.165, 1.54) is 11.8 Å². The number of phenolic OH excluding ortho intramolecular Hbond substituents is 1. The molecule has 2 heterocycles. The topological polar surface area (TPSA) is 87.6 Å². The van der Waals surface area contributed by atoms with E-state index in [0.717, 1.165) is 24.8 Å². The van der Waals surface area contributed by atoms with E-state index >= 15 is 0 Å². The highest BCUT2D eigenvalue weighted by molar-refractivity contribution is 7.91. The van der Waals surface area contributed by atoms with Gasteiger partial charge in [0.05, 0.1) is 10.6 Å². The molecule has 0 spiro atoms. The molecule has 182 valence electrons. The molecule has 34 heavy (non-hydrogen) atoms. The molecule has 2 aromatic rings. The van der Waals surface area contributed by atoms with E-state index in [1.807, 2.05) is 6.07 Å². The van der Waals surface area contributed by atoms with Gasteiger partial charge in [-0.2, -0.15) is 0 Å². The molecular formula is C27H34N2O4S. The summed E-state index contributed by atoms with van der Waals surface area (Å²) in [5.74, 6) is 0.384. The van der Waals surface area contributed by atoms with Crippen molar-refractivity contribution in [1.82, 2.24) is 9.88 Å². The summed E-state index contributed by atoms with van der Waals surface area (Å²) in [6.45, 7) is 7.48. The number of hydrogen-bond acceptors (Lipinski definition) is 5. The molecule has 2 fully saturated rings. The molecule has 1 aromatic heterocycles. The summed E-state index contributed by atoms with van der Waals surface area (Å²) < 4.78 is 25.6. The summed E-state index contributed by atoms with van der Waals surface area (Å²) in [6.07, 6.45) is 6.56. The highest BCUT2D eigenvalue weighted by atomic mass is 32.2. The summed E-state index contributed by atoms with van der Waals surface area (Å²) in [5, 5.41) is 10.6. The van der Waals surface area contributed by atoms with Gasteiger partial charge in [-0.3, -0.25) is 9.78 Å². The van der Waals surface area contributed by atoms with Crippen molar-refractivity contribution in [2.24, 2.45) is 17.3 Å². The fourth-order valence-corrected chi connectivity index (χ4v) is 8.44.